The highest BCUT2D eigenvalue weighted by molar-refractivity contribution is 7.92. The Labute approximate surface area is 138 Å². The van der Waals surface area contributed by atoms with Crippen LogP contribution in [0.1, 0.15) is 19.8 Å². The van der Waals surface area contributed by atoms with E-state index in [9.17, 15) is 21.6 Å². The number of hydrogen-bond acceptors (Lipinski definition) is 3. The molecule has 130 valence electrons. The Balaban J connectivity index is 2.17. The van der Waals surface area contributed by atoms with E-state index in [1.165, 1.54) is 24.3 Å². The van der Waals surface area contributed by atoms with Gasteiger partial charge in [-0.25, -0.2) is 21.6 Å². The summed E-state index contributed by atoms with van der Waals surface area (Å²) in [4.78, 5) is -0.158. The molecule has 0 heterocycles. The van der Waals surface area contributed by atoms with Gasteiger partial charge in [0.15, 0.2) is 17.5 Å². The van der Waals surface area contributed by atoms with Crippen LogP contribution < -0.4 is 9.46 Å². The second-order valence-corrected chi connectivity index (χ2v) is 6.68. The van der Waals surface area contributed by atoms with Gasteiger partial charge < -0.3 is 4.74 Å². The summed E-state index contributed by atoms with van der Waals surface area (Å²) in [5, 5.41) is 0. The predicted octanol–water partition coefficient (Wildman–Crippen LogP) is 4.08. The first kappa shape index (κ1) is 18.1. The molecule has 0 amide bonds. The van der Waals surface area contributed by atoms with Crippen LogP contribution >= 0.6 is 0 Å². The SMILES string of the molecule is CCCCOc1ccc(S(=O)(=O)Nc2ccc(F)c(F)c2F)cc1. The summed E-state index contributed by atoms with van der Waals surface area (Å²) in [6.07, 6.45) is 1.84. The average Bonchev–Trinajstić information content (AvgIpc) is 2.56. The normalized spacial score (nSPS) is 11.3. The van der Waals surface area contributed by atoms with E-state index >= 15 is 0 Å². The Morgan fingerprint density at radius 3 is 2.29 bits per heavy atom. The standard InChI is InChI=1S/C16H16F3NO3S/c1-2-3-10-23-11-4-6-12(7-5-11)24(21,22)20-14-9-8-13(17)15(18)16(14)19/h4-9,20H,2-3,10H2,1H3. The van der Waals surface area contributed by atoms with E-state index in [2.05, 4.69) is 0 Å². The van der Waals surface area contributed by atoms with E-state index < -0.39 is 33.2 Å². The molecule has 0 aromatic heterocycles. The fourth-order valence-corrected chi connectivity index (χ4v) is 2.92. The second kappa shape index (κ2) is 7.57. The van der Waals surface area contributed by atoms with Gasteiger partial charge in [0.1, 0.15) is 5.75 Å². The fourth-order valence-electron chi connectivity index (χ4n) is 1.86. The molecule has 0 radical (unpaired) electrons. The minimum Gasteiger partial charge on any atom is -0.494 e. The van der Waals surface area contributed by atoms with Crippen molar-refractivity contribution >= 4 is 15.7 Å². The number of sulfonamides is 1. The minimum absolute atomic E-state index is 0.158. The summed E-state index contributed by atoms with van der Waals surface area (Å²) in [6.45, 7) is 2.53. The van der Waals surface area contributed by atoms with Crippen molar-refractivity contribution in [3.8, 4) is 5.75 Å². The monoisotopic (exact) mass is 359 g/mol. The van der Waals surface area contributed by atoms with Gasteiger partial charge in [-0.3, -0.25) is 4.72 Å². The van der Waals surface area contributed by atoms with Gasteiger partial charge in [-0.05, 0) is 42.8 Å². The number of ether oxygens (including phenoxy) is 1. The molecular weight excluding hydrogens is 343 g/mol. The minimum atomic E-state index is -4.14. The highest BCUT2D eigenvalue weighted by Crippen LogP contribution is 2.24. The molecule has 0 aliphatic rings. The first-order valence-corrected chi connectivity index (χ1v) is 8.72. The van der Waals surface area contributed by atoms with Gasteiger partial charge in [0.2, 0.25) is 0 Å². The molecule has 1 N–H and O–H groups in total. The number of hydrogen-bond donors (Lipinski definition) is 1. The van der Waals surface area contributed by atoms with Crippen LogP contribution in [0.3, 0.4) is 0 Å². The molecule has 0 aliphatic heterocycles. The Kier molecular flexibility index (Phi) is 5.71. The van der Waals surface area contributed by atoms with Crippen LogP contribution in [0.15, 0.2) is 41.3 Å². The molecule has 0 fully saturated rings. The van der Waals surface area contributed by atoms with Gasteiger partial charge in [0, 0.05) is 0 Å². The Hall–Kier alpha value is -2.22. The molecule has 0 saturated carbocycles. The van der Waals surface area contributed by atoms with Crippen LogP contribution in [0.5, 0.6) is 5.75 Å². The van der Waals surface area contributed by atoms with Gasteiger partial charge in [0.05, 0.1) is 17.2 Å². The third-order valence-corrected chi connectivity index (χ3v) is 4.56. The van der Waals surface area contributed by atoms with Crippen molar-refractivity contribution in [3.05, 3.63) is 53.8 Å². The summed E-state index contributed by atoms with van der Waals surface area (Å²) in [7, 11) is -4.14. The zero-order valence-corrected chi connectivity index (χ0v) is 13.7. The lowest BCUT2D eigenvalue weighted by Gasteiger charge is -2.10. The van der Waals surface area contributed by atoms with Gasteiger partial charge in [-0.15, -0.1) is 0 Å². The molecule has 2 aromatic rings. The summed E-state index contributed by atoms with van der Waals surface area (Å²) in [6, 6.07) is 6.94. The first-order chi connectivity index (χ1) is 11.3. The molecule has 0 unspecified atom stereocenters. The molecule has 8 heteroatoms. The smallest absolute Gasteiger partial charge is 0.261 e. The maximum atomic E-state index is 13.6. The molecule has 0 spiro atoms. The fraction of sp³-hybridized carbons (Fsp3) is 0.250. The van der Waals surface area contributed by atoms with Crippen LogP contribution in [-0.2, 0) is 10.0 Å². The van der Waals surface area contributed by atoms with E-state index in [4.69, 9.17) is 4.74 Å². The van der Waals surface area contributed by atoms with Gasteiger partial charge in [-0.1, -0.05) is 13.3 Å². The summed E-state index contributed by atoms with van der Waals surface area (Å²) < 4.78 is 71.3. The van der Waals surface area contributed by atoms with E-state index in [-0.39, 0.29) is 4.90 Å². The molecule has 0 aliphatic carbocycles. The van der Waals surface area contributed by atoms with E-state index in [1.807, 2.05) is 11.6 Å². The van der Waals surface area contributed by atoms with Gasteiger partial charge in [0.25, 0.3) is 10.0 Å². The number of rotatable bonds is 7. The third kappa shape index (κ3) is 4.19. The number of benzene rings is 2. The number of anilines is 1. The van der Waals surface area contributed by atoms with E-state index in [0.717, 1.165) is 18.9 Å². The topological polar surface area (TPSA) is 55.4 Å². The van der Waals surface area contributed by atoms with Gasteiger partial charge >= 0.3 is 0 Å². The summed E-state index contributed by atoms with van der Waals surface area (Å²) in [5.41, 5.74) is -0.669. The number of halogens is 3. The molecular formula is C16H16F3NO3S. The molecule has 0 saturated heterocycles. The van der Waals surface area contributed by atoms with Crippen LogP contribution in [-0.4, -0.2) is 15.0 Å². The summed E-state index contributed by atoms with van der Waals surface area (Å²) in [5.74, 6) is -4.24. The van der Waals surface area contributed by atoms with Crippen molar-refractivity contribution in [2.45, 2.75) is 24.7 Å². The summed E-state index contributed by atoms with van der Waals surface area (Å²) >= 11 is 0. The molecule has 4 nitrogen and oxygen atoms in total. The van der Waals surface area contributed by atoms with Crippen molar-refractivity contribution in [3.63, 3.8) is 0 Å². The second-order valence-electron chi connectivity index (χ2n) is 5.00. The lowest BCUT2D eigenvalue weighted by atomic mass is 10.3. The highest BCUT2D eigenvalue weighted by Gasteiger charge is 2.20. The van der Waals surface area contributed by atoms with Crippen molar-refractivity contribution < 1.29 is 26.3 Å². The Morgan fingerprint density at radius 2 is 1.67 bits per heavy atom. The number of nitrogens with one attached hydrogen (secondary N) is 1. The predicted molar refractivity (Wildman–Crippen MR) is 84.0 cm³/mol. The van der Waals surface area contributed by atoms with E-state index in [1.54, 1.807) is 0 Å². The van der Waals surface area contributed by atoms with Crippen molar-refractivity contribution in [1.82, 2.24) is 0 Å². The largest absolute Gasteiger partial charge is 0.494 e. The molecule has 2 aromatic carbocycles. The van der Waals surface area contributed by atoms with Crippen molar-refractivity contribution in [2.75, 3.05) is 11.3 Å². The maximum absolute atomic E-state index is 13.6. The average molecular weight is 359 g/mol. The maximum Gasteiger partial charge on any atom is 0.261 e. The highest BCUT2D eigenvalue weighted by atomic mass is 32.2. The lowest BCUT2D eigenvalue weighted by Crippen LogP contribution is -2.14. The Bertz CT molecular complexity index is 808. The zero-order valence-electron chi connectivity index (χ0n) is 12.9. The number of unbranched alkanes of at least 4 members (excludes halogenated alkanes) is 1. The molecule has 0 bridgehead atoms. The third-order valence-electron chi connectivity index (χ3n) is 3.18. The van der Waals surface area contributed by atoms with Crippen molar-refractivity contribution in [1.29, 1.82) is 0 Å². The quantitative estimate of drug-likeness (QED) is 0.599. The zero-order chi connectivity index (χ0) is 17.7. The van der Waals surface area contributed by atoms with Gasteiger partial charge in [-0.2, -0.15) is 0 Å². The van der Waals surface area contributed by atoms with Crippen LogP contribution in [0.25, 0.3) is 0 Å². The first-order valence-electron chi connectivity index (χ1n) is 7.24. The lowest BCUT2D eigenvalue weighted by molar-refractivity contribution is 0.309. The van der Waals surface area contributed by atoms with Crippen LogP contribution in [0, 0.1) is 17.5 Å². The molecule has 0 atom stereocenters. The molecule has 24 heavy (non-hydrogen) atoms. The van der Waals surface area contributed by atoms with Crippen LogP contribution in [0.4, 0.5) is 18.9 Å². The van der Waals surface area contributed by atoms with Crippen molar-refractivity contribution in [2.24, 2.45) is 0 Å². The van der Waals surface area contributed by atoms with E-state index in [0.29, 0.717) is 18.4 Å². The molecule has 2 rings (SSSR count). The van der Waals surface area contributed by atoms with Crippen LogP contribution in [0.2, 0.25) is 0 Å². The Morgan fingerprint density at radius 1 is 1.00 bits per heavy atom.